The quantitative estimate of drug-likeness (QED) is 0.107. The van der Waals surface area contributed by atoms with Crippen LogP contribution in [0, 0.1) is 5.21 Å². The highest BCUT2D eigenvalue weighted by Crippen LogP contribution is 2.32. The zero-order chi connectivity index (χ0) is 32.8. The fourth-order valence-electron chi connectivity index (χ4n) is 3.43. The fourth-order valence-corrected chi connectivity index (χ4v) is 3.43. The lowest BCUT2D eigenvalue weighted by atomic mass is 9.99. The molecule has 0 unspecified atom stereocenters. The number of aromatic nitrogens is 1. The predicted molar refractivity (Wildman–Crippen MR) is 169 cm³/mol. The Bertz CT molecular complexity index is 1340. The molecule has 0 radical (unpaired) electrons. The van der Waals surface area contributed by atoms with Crippen LogP contribution in [0.4, 0.5) is 15.3 Å². The summed E-state index contributed by atoms with van der Waals surface area (Å²) in [6.07, 6.45) is -0.624. The number of ether oxygens (including phenoxy) is 2. The van der Waals surface area contributed by atoms with Gasteiger partial charge in [0.05, 0.1) is 5.56 Å². The maximum atomic E-state index is 13.6. The van der Waals surface area contributed by atoms with Gasteiger partial charge in [-0.15, -0.1) is 0 Å². The van der Waals surface area contributed by atoms with Gasteiger partial charge >= 0.3 is 12.2 Å². The third kappa shape index (κ3) is 12.0. The molecular formula is C33H44N4O6. The number of ketones is 1. The van der Waals surface area contributed by atoms with E-state index in [-0.39, 0.29) is 16.9 Å². The summed E-state index contributed by atoms with van der Waals surface area (Å²) in [6.45, 7) is 18.0. The normalized spacial score (nSPS) is 10.5. The number of nitrogens with one attached hydrogen (secondary N) is 2. The molecule has 2 N–H and O–H groups in total. The van der Waals surface area contributed by atoms with Crippen LogP contribution in [0.1, 0.15) is 85.2 Å². The molecule has 232 valence electrons. The molecule has 0 fully saturated rings. The number of carbonyl (C=O) groups is 3. The molecule has 10 heteroatoms. The van der Waals surface area contributed by atoms with E-state index in [1.54, 1.807) is 102 Å². The van der Waals surface area contributed by atoms with Gasteiger partial charge in [0.1, 0.15) is 11.2 Å². The summed E-state index contributed by atoms with van der Waals surface area (Å²) in [5.74, 6) is -0.815. The Morgan fingerprint density at radius 3 is 1.60 bits per heavy atom. The number of aliphatic imine (C=N–C) groups is 1. The van der Waals surface area contributed by atoms with Gasteiger partial charge in [0.2, 0.25) is 5.96 Å². The molecule has 2 amide bonds. The van der Waals surface area contributed by atoms with E-state index >= 15 is 0 Å². The number of nitrogens with zero attached hydrogens (tertiary/aromatic N) is 2. The Kier molecular flexibility index (Phi) is 14.1. The van der Waals surface area contributed by atoms with Crippen molar-refractivity contribution < 1.29 is 28.6 Å². The molecule has 0 aliphatic rings. The van der Waals surface area contributed by atoms with Crippen LogP contribution in [0.25, 0.3) is 11.3 Å². The summed E-state index contributed by atoms with van der Waals surface area (Å²) < 4.78 is 11.2. The molecule has 0 saturated carbocycles. The second kappa shape index (κ2) is 16.6. The first kappa shape index (κ1) is 36.3. The zero-order valence-corrected chi connectivity index (χ0v) is 26.8. The average Bonchev–Trinajstić information content (AvgIpc) is 2.94. The van der Waals surface area contributed by atoms with Gasteiger partial charge in [-0.05, 0) is 53.7 Å². The Morgan fingerprint density at radius 2 is 1.16 bits per heavy atom. The Labute approximate surface area is 254 Å². The maximum Gasteiger partial charge on any atom is 0.414 e. The number of alkyl carbamates (subject to hydrolysis) is 2. The molecule has 0 saturated heterocycles. The van der Waals surface area contributed by atoms with Crippen LogP contribution >= 0.6 is 0 Å². The lowest BCUT2D eigenvalue weighted by Gasteiger charge is -2.22. The van der Waals surface area contributed by atoms with Gasteiger partial charge in [-0.3, -0.25) is 15.4 Å². The van der Waals surface area contributed by atoms with Crippen LogP contribution in [-0.4, -0.2) is 35.1 Å². The summed E-state index contributed by atoms with van der Waals surface area (Å²) in [5, 5.41) is 17.9. The molecule has 3 rings (SSSR count). The van der Waals surface area contributed by atoms with E-state index in [2.05, 4.69) is 15.6 Å². The summed E-state index contributed by atoms with van der Waals surface area (Å²) in [4.78, 5) is 43.3. The molecule has 3 aromatic rings. The Morgan fingerprint density at radius 1 is 0.721 bits per heavy atom. The van der Waals surface area contributed by atoms with Gasteiger partial charge in [-0.2, -0.15) is 4.73 Å². The molecule has 0 aliphatic carbocycles. The van der Waals surface area contributed by atoms with Crippen molar-refractivity contribution in [1.29, 1.82) is 0 Å². The molecule has 1 heterocycles. The number of rotatable bonds is 4. The number of guanidine groups is 1. The van der Waals surface area contributed by atoms with E-state index in [4.69, 9.17) is 9.47 Å². The van der Waals surface area contributed by atoms with Crippen molar-refractivity contribution in [2.45, 2.75) is 80.4 Å². The maximum absolute atomic E-state index is 13.6. The molecule has 0 spiro atoms. The SMILES string of the molecule is CC.CC.CC(C)(C)OC(=O)NC(=Nc1c(C(=O)c2ccccc2)cc[n+]([O-])c1-c1ccccc1)NC(=O)OC(C)(C)C. The van der Waals surface area contributed by atoms with Crippen LogP contribution in [0.5, 0.6) is 0 Å². The van der Waals surface area contributed by atoms with Crippen LogP contribution in [0.3, 0.4) is 0 Å². The molecule has 0 bridgehead atoms. The van der Waals surface area contributed by atoms with E-state index in [1.807, 2.05) is 27.7 Å². The van der Waals surface area contributed by atoms with E-state index in [0.29, 0.717) is 15.9 Å². The molecule has 43 heavy (non-hydrogen) atoms. The topological polar surface area (TPSA) is 133 Å². The van der Waals surface area contributed by atoms with Crippen molar-refractivity contribution in [3.63, 3.8) is 0 Å². The van der Waals surface area contributed by atoms with Gasteiger partial charge in [-0.1, -0.05) is 76.2 Å². The van der Waals surface area contributed by atoms with Crippen LogP contribution in [-0.2, 0) is 9.47 Å². The van der Waals surface area contributed by atoms with Crippen molar-refractivity contribution >= 4 is 29.6 Å². The second-order valence-electron chi connectivity index (χ2n) is 10.5. The van der Waals surface area contributed by atoms with Crippen molar-refractivity contribution in [2.75, 3.05) is 0 Å². The van der Waals surface area contributed by atoms with E-state index in [1.165, 1.54) is 12.3 Å². The van der Waals surface area contributed by atoms with Crippen molar-refractivity contribution in [3.05, 3.63) is 89.3 Å². The summed E-state index contributed by atoms with van der Waals surface area (Å²) in [7, 11) is 0. The summed E-state index contributed by atoms with van der Waals surface area (Å²) in [6, 6.07) is 18.4. The third-order valence-electron chi connectivity index (χ3n) is 4.87. The van der Waals surface area contributed by atoms with Crippen molar-refractivity contribution in [3.8, 4) is 11.3 Å². The molecule has 1 aromatic heterocycles. The van der Waals surface area contributed by atoms with Crippen LogP contribution < -0.4 is 15.4 Å². The van der Waals surface area contributed by atoms with Crippen molar-refractivity contribution in [1.82, 2.24) is 10.6 Å². The number of pyridine rings is 1. The minimum Gasteiger partial charge on any atom is -0.618 e. The highest BCUT2D eigenvalue weighted by atomic mass is 16.6. The van der Waals surface area contributed by atoms with Gasteiger partial charge in [0, 0.05) is 17.2 Å². The first-order valence-corrected chi connectivity index (χ1v) is 14.2. The van der Waals surface area contributed by atoms with E-state index in [9.17, 15) is 19.6 Å². The smallest absolute Gasteiger partial charge is 0.414 e. The fraction of sp³-hybridized carbons (Fsp3) is 0.364. The molecule has 0 atom stereocenters. The minimum absolute atomic E-state index is 0.0341. The average molecular weight is 593 g/mol. The lowest BCUT2D eigenvalue weighted by molar-refractivity contribution is -0.593. The number of hydrogen-bond acceptors (Lipinski definition) is 7. The lowest BCUT2D eigenvalue weighted by Crippen LogP contribution is -2.47. The summed E-state index contributed by atoms with van der Waals surface area (Å²) in [5.41, 5.74) is -0.852. The molecule has 2 aromatic carbocycles. The monoisotopic (exact) mass is 592 g/mol. The van der Waals surface area contributed by atoms with Crippen LogP contribution in [0.2, 0.25) is 0 Å². The highest BCUT2D eigenvalue weighted by molar-refractivity contribution is 6.14. The molecule has 10 nitrogen and oxygen atoms in total. The van der Waals surface area contributed by atoms with Crippen molar-refractivity contribution in [2.24, 2.45) is 4.99 Å². The first-order valence-electron chi connectivity index (χ1n) is 14.2. The number of carbonyl (C=O) groups excluding carboxylic acids is 3. The van der Waals surface area contributed by atoms with E-state index in [0.717, 1.165) is 0 Å². The van der Waals surface area contributed by atoms with Gasteiger partial charge < -0.3 is 14.7 Å². The first-order chi connectivity index (χ1) is 20.2. The van der Waals surface area contributed by atoms with E-state index < -0.39 is 35.1 Å². The number of benzene rings is 2. The summed E-state index contributed by atoms with van der Waals surface area (Å²) >= 11 is 0. The third-order valence-corrected chi connectivity index (χ3v) is 4.87. The molecule has 0 aliphatic heterocycles. The Hall–Kier alpha value is -4.73. The highest BCUT2D eigenvalue weighted by Gasteiger charge is 2.27. The van der Waals surface area contributed by atoms with Gasteiger partial charge in [0.15, 0.2) is 17.7 Å². The Balaban J connectivity index is 0.00000221. The predicted octanol–water partition coefficient (Wildman–Crippen LogP) is 7.31. The van der Waals surface area contributed by atoms with Gasteiger partial charge in [0.25, 0.3) is 5.69 Å². The molecular weight excluding hydrogens is 548 g/mol. The van der Waals surface area contributed by atoms with Crippen LogP contribution in [0.15, 0.2) is 77.9 Å². The second-order valence-corrected chi connectivity index (χ2v) is 10.5. The van der Waals surface area contributed by atoms with Gasteiger partial charge in [-0.25, -0.2) is 14.6 Å². The number of hydrogen-bond donors (Lipinski definition) is 2. The number of amides is 2. The minimum atomic E-state index is -0.916. The largest absolute Gasteiger partial charge is 0.618 e. The zero-order valence-electron chi connectivity index (χ0n) is 26.8. The standard InChI is InChI=1S/C29H32N4O6.2C2H6/c1-28(2,3)38-26(35)31-25(32-27(36)39-29(4,5)6)30-22-21(24(34)20-15-11-8-12-16-20)17-18-33(37)23(22)19-13-9-7-10-14-19;2*1-2/h7-18H,1-6H3,(H2,30,31,32,35,36);2*1-2H3.